The van der Waals surface area contributed by atoms with Gasteiger partial charge in [-0.2, -0.15) is 13.2 Å². The number of rotatable bonds is 5. The lowest BCUT2D eigenvalue weighted by Crippen LogP contribution is -2.51. The van der Waals surface area contributed by atoms with Crippen LogP contribution < -0.4 is 4.90 Å². The first-order valence-electron chi connectivity index (χ1n) is 9.95. The highest BCUT2D eigenvalue weighted by Gasteiger charge is 2.31. The maximum Gasteiger partial charge on any atom is 0.416 e. The first kappa shape index (κ1) is 21.6. The number of halogens is 3. The Labute approximate surface area is 181 Å². The average Bonchev–Trinajstić information content (AvgIpc) is 3.10. The molecule has 1 fully saturated rings. The lowest BCUT2D eigenvalue weighted by molar-refractivity contribution is -0.138. The first-order chi connectivity index (χ1) is 14.7. The molecule has 0 unspecified atom stereocenters. The number of aliphatic carboxylic acids is 1. The molecule has 0 amide bonds. The van der Waals surface area contributed by atoms with Gasteiger partial charge in [0.2, 0.25) is 0 Å². The van der Waals surface area contributed by atoms with Crippen LogP contribution in [0.5, 0.6) is 0 Å². The van der Waals surface area contributed by atoms with Crippen molar-refractivity contribution in [1.82, 2.24) is 9.88 Å². The van der Waals surface area contributed by atoms with Crippen molar-refractivity contribution in [3.8, 4) is 0 Å². The van der Waals surface area contributed by atoms with E-state index in [4.69, 9.17) is 5.11 Å². The normalized spacial score (nSPS) is 17.9. The Morgan fingerprint density at radius 1 is 1.19 bits per heavy atom. The number of aromatic nitrogens is 1. The van der Waals surface area contributed by atoms with E-state index < -0.39 is 17.7 Å². The number of fused-ring (bicyclic) bond motifs is 1. The number of alkyl halides is 3. The summed E-state index contributed by atoms with van der Waals surface area (Å²) in [5.74, 6) is -0.849. The van der Waals surface area contributed by atoms with Gasteiger partial charge in [0.15, 0.2) is 5.13 Å². The van der Waals surface area contributed by atoms with Crippen LogP contribution in [0.25, 0.3) is 10.2 Å². The van der Waals surface area contributed by atoms with Gasteiger partial charge >= 0.3 is 12.1 Å². The Kier molecular flexibility index (Phi) is 5.90. The summed E-state index contributed by atoms with van der Waals surface area (Å²) in [4.78, 5) is 20.0. The van der Waals surface area contributed by atoms with Crippen LogP contribution in [0.15, 0.2) is 42.5 Å². The number of carboxylic acid groups (broad SMARTS) is 1. The number of hydrogen-bond acceptors (Lipinski definition) is 5. The molecule has 0 saturated carbocycles. The second kappa shape index (κ2) is 8.47. The van der Waals surface area contributed by atoms with Crippen molar-refractivity contribution in [2.75, 3.05) is 24.5 Å². The van der Waals surface area contributed by atoms with Crippen LogP contribution in [-0.2, 0) is 23.9 Å². The second-order valence-corrected chi connectivity index (χ2v) is 8.85. The summed E-state index contributed by atoms with van der Waals surface area (Å²) in [7, 11) is 0. The molecule has 1 N–H and O–H groups in total. The third kappa shape index (κ3) is 4.99. The van der Waals surface area contributed by atoms with Crippen molar-refractivity contribution in [1.29, 1.82) is 0 Å². The van der Waals surface area contributed by atoms with Crippen molar-refractivity contribution in [3.63, 3.8) is 0 Å². The molecule has 0 spiro atoms. The molecule has 2 aromatic carbocycles. The molecule has 4 rings (SSSR count). The van der Waals surface area contributed by atoms with Crippen LogP contribution in [0.4, 0.5) is 18.3 Å². The molecule has 2 heterocycles. The Morgan fingerprint density at radius 3 is 2.68 bits per heavy atom. The Bertz CT molecular complexity index is 1100. The fourth-order valence-electron chi connectivity index (χ4n) is 3.94. The number of carbonyl (C=O) groups is 1. The van der Waals surface area contributed by atoms with Crippen LogP contribution in [0.3, 0.4) is 0 Å². The molecular formula is C22H22F3N3O2S. The minimum absolute atomic E-state index is 0.00564. The number of hydrogen-bond donors (Lipinski definition) is 1. The van der Waals surface area contributed by atoms with Crippen molar-refractivity contribution in [2.24, 2.45) is 0 Å². The number of piperazine rings is 1. The van der Waals surface area contributed by atoms with Gasteiger partial charge in [0.25, 0.3) is 0 Å². The van der Waals surface area contributed by atoms with Crippen molar-refractivity contribution in [3.05, 3.63) is 59.2 Å². The van der Waals surface area contributed by atoms with Crippen molar-refractivity contribution >= 4 is 32.7 Å². The highest BCUT2D eigenvalue weighted by molar-refractivity contribution is 7.22. The molecule has 164 valence electrons. The molecule has 1 aromatic heterocycles. The highest BCUT2D eigenvalue weighted by atomic mass is 32.1. The zero-order valence-electron chi connectivity index (χ0n) is 16.9. The van der Waals surface area contributed by atoms with Crippen LogP contribution in [-0.4, -0.2) is 46.6 Å². The summed E-state index contributed by atoms with van der Waals surface area (Å²) < 4.78 is 39.5. The van der Waals surface area contributed by atoms with E-state index in [0.717, 1.165) is 48.5 Å². The van der Waals surface area contributed by atoms with Crippen LogP contribution in [0.1, 0.15) is 23.6 Å². The minimum atomic E-state index is -4.36. The molecule has 1 atom stereocenters. The molecule has 0 aliphatic carbocycles. The van der Waals surface area contributed by atoms with Gasteiger partial charge in [-0.05, 0) is 36.2 Å². The quantitative estimate of drug-likeness (QED) is 0.614. The largest absolute Gasteiger partial charge is 0.481 e. The molecule has 0 radical (unpaired) electrons. The fourth-order valence-corrected chi connectivity index (χ4v) is 5.08. The van der Waals surface area contributed by atoms with Crippen molar-refractivity contribution in [2.45, 2.75) is 32.1 Å². The molecule has 31 heavy (non-hydrogen) atoms. The van der Waals surface area contributed by atoms with E-state index in [0.29, 0.717) is 10.2 Å². The second-order valence-electron chi connectivity index (χ2n) is 7.84. The van der Waals surface area contributed by atoms with E-state index >= 15 is 0 Å². The van der Waals surface area contributed by atoms with E-state index in [1.807, 2.05) is 24.3 Å². The summed E-state index contributed by atoms with van der Waals surface area (Å²) in [6.07, 6.45) is -4.36. The van der Waals surface area contributed by atoms with Gasteiger partial charge in [0, 0.05) is 32.2 Å². The minimum Gasteiger partial charge on any atom is -0.481 e. The van der Waals surface area contributed by atoms with E-state index in [2.05, 4.69) is 21.7 Å². The third-order valence-electron chi connectivity index (χ3n) is 5.41. The van der Waals surface area contributed by atoms with Gasteiger partial charge in [-0.1, -0.05) is 35.6 Å². The number of nitrogens with zero attached hydrogens (tertiary/aromatic N) is 3. The molecular weight excluding hydrogens is 427 g/mol. The third-order valence-corrected chi connectivity index (χ3v) is 6.47. The van der Waals surface area contributed by atoms with Gasteiger partial charge in [-0.3, -0.25) is 9.69 Å². The maximum atomic E-state index is 13.0. The monoisotopic (exact) mass is 449 g/mol. The van der Waals surface area contributed by atoms with Gasteiger partial charge < -0.3 is 10.0 Å². The zero-order chi connectivity index (χ0) is 22.2. The maximum absolute atomic E-state index is 13.0. The predicted octanol–water partition coefficient (Wildman–Crippen LogP) is 4.65. The highest BCUT2D eigenvalue weighted by Crippen LogP contribution is 2.36. The van der Waals surface area contributed by atoms with Crippen LogP contribution in [0.2, 0.25) is 0 Å². The van der Waals surface area contributed by atoms with Crippen molar-refractivity contribution < 1.29 is 23.1 Å². The van der Waals surface area contributed by atoms with Gasteiger partial charge in [-0.25, -0.2) is 4.98 Å². The Balaban J connectivity index is 1.44. The topological polar surface area (TPSA) is 56.7 Å². The summed E-state index contributed by atoms with van der Waals surface area (Å²) in [6, 6.07) is 11.4. The van der Waals surface area contributed by atoms with Crippen LogP contribution in [0, 0.1) is 0 Å². The number of anilines is 1. The number of thiazole rings is 1. The van der Waals surface area contributed by atoms with E-state index in [1.54, 1.807) is 0 Å². The summed E-state index contributed by atoms with van der Waals surface area (Å²) in [5.41, 5.74) is 1.78. The van der Waals surface area contributed by atoms with E-state index in [1.165, 1.54) is 23.5 Å². The first-order valence-corrected chi connectivity index (χ1v) is 10.8. The standard InChI is InChI=1S/C22H22F3N3O2S/c1-14-12-27(13-16-4-2-3-15(9-16)10-20(29)30)7-8-28(14)21-26-18-6-5-17(22(23,24)25)11-19(18)31-21/h2-6,9,11,14H,7-8,10,12-13H2,1H3,(H,29,30)/t14-/m1/s1. The average molecular weight is 449 g/mol. The number of benzene rings is 2. The predicted molar refractivity (Wildman–Crippen MR) is 114 cm³/mol. The molecule has 1 aliphatic rings. The Morgan fingerprint density at radius 2 is 1.97 bits per heavy atom. The van der Waals surface area contributed by atoms with Crippen LogP contribution >= 0.6 is 11.3 Å². The number of carboxylic acids is 1. The molecule has 9 heteroatoms. The van der Waals surface area contributed by atoms with E-state index in [9.17, 15) is 18.0 Å². The van der Waals surface area contributed by atoms with E-state index in [-0.39, 0.29) is 12.5 Å². The molecule has 5 nitrogen and oxygen atoms in total. The van der Waals surface area contributed by atoms with Gasteiger partial charge in [0.1, 0.15) is 0 Å². The fraction of sp³-hybridized carbons (Fsp3) is 0.364. The smallest absolute Gasteiger partial charge is 0.416 e. The lowest BCUT2D eigenvalue weighted by Gasteiger charge is -2.39. The Hall–Kier alpha value is -2.65. The summed E-state index contributed by atoms with van der Waals surface area (Å²) in [5, 5.41) is 9.72. The van der Waals surface area contributed by atoms with Gasteiger partial charge in [0.05, 0.1) is 22.2 Å². The zero-order valence-corrected chi connectivity index (χ0v) is 17.7. The summed E-state index contributed by atoms with van der Waals surface area (Å²) in [6.45, 7) is 5.10. The summed E-state index contributed by atoms with van der Waals surface area (Å²) >= 11 is 1.29. The molecule has 1 aliphatic heterocycles. The molecule has 1 saturated heterocycles. The molecule has 0 bridgehead atoms. The lowest BCUT2D eigenvalue weighted by atomic mass is 10.1. The SMILES string of the molecule is C[C@@H]1CN(Cc2cccc(CC(=O)O)c2)CCN1c1nc2ccc(C(F)(F)F)cc2s1. The molecule has 3 aromatic rings. The van der Waals surface area contributed by atoms with Gasteiger partial charge in [-0.15, -0.1) is 0 Å².